The molecule has 24 heavy (non-hydrogen) atoms. The van der Waals surface area contributed by atoms with Crippen LogP contribution in [-0.2, 0) is 18.7 Å². The fourth-order valence-corrected chi connectivity index (χ4v) is 4.50. The van der Waals surface area contributed by atoms with E-state index in [0.717, 1.165) is 25.9 Å². The van der Waals surface area contributed by atoms with Crippen LogP contribution in [0.3, 0.4) is 0 Å². The van der Waals surface area contributed by atoms with Gasteiger partial charge in [-0.1, -0.05) is 18.2 Å². The Morgan fingerprint density at radius 2 is 1.96 bits per heavy atom. The Hall–Kier alpha value is -1.72. The normalized spacial score (nSPS) is 30.0. The molecular formula is C19H24FN3O. The highest BCUT2D eigenvalue weighted by atomic mass is 19.1. The number of fused-ring (bicyclic) bond motifs is 2. The molecule has 1 N–H and O–H groups in total. The summed E-state index contributed by atoms with van der Waals surface area (Å²) in [6.07, 6.45) is 7.38. The highest BCUT2D eigenvalue weighted by molar-refractivity contribution is 5.27. The number of aryl methyl sites for hydroxylation is 1. The summed E-state index contributed by atoms with van der Waals surface area (Å²) < 4.78 is 16.1. The number of aromatic nitrogens is 2. The van der Waals surface area contributed by atoms with Crippen LogP contribution in [0, 0.1) is 5.82 Å². The molecule has 2 unspecified atom stereocenters. The standard InChI is InChI=1S/C19H24FN3O/c1-2-22-12-14(11-21-22)13-23-15-7-8-16(23)10-19(24,9-15)17-5-3-4-6-18(17)20/h3-6,11-12,15-16,24H,2,7-10,13H2,1H3. The summed E-state index contributed by atoms with van der Waals surface area (Å²) in [5.74, 6) is -0.294. The number of piperidine rings is 1. The van der Waals surface area contributed by atoms with Crippen molar-refractivity contribution in [1.82, 2.24) is 14.7 Å². The van der Waals surface area contributed by atoms with E-state index in [-0.39, 0.29) is 5.82 Å². The number of halogens is 1. The summed E-state index contributed by atoms with van der Waals surface area (Å²) in [5.41, 5.74) is 0.631. The van der Waals surface area contributed by atoms with Gasteiger partial charge < -0.3 is 5.11 Å². The van der Waals surface area contributed by atoms with Crippen LogP contribution < -0.4 is 0 Å². The van der Waals surface area contributed by atoms with Crippen molar-refractivity contribution < 1.29 is 9.50 Å². The van der Waals surface area contributed by atoms with E-state index in [2.05, 4.69) is 23.1 Å². The lowest BCUT2D eigenvalue weighted by Crippen LogP contribution is -2.49. The first-order valence-electron chi connectivity index (χ1n) is 8.83. The summed E-state index contributed by atoms with van der Waals surface area (Å²) in [4.78, 5) is 2.48. The van der Waals surface area contributed by atoms with Gasteiger partial charge in [0.15, 0.2) is 0 Å². The molecule has 0 radical (unpaired) electrons. The van der Waals surface area contributed by atoms with Crippen molar-refractivity contribution in [2.24, 2.45) is 0 Å². The molecule has 2 aromatic rings. The van der Waals surface area contributed by atoms with Crippen molar-refractivity contribution in [3.8, 4) is 0 Å². The SMILES string of the molecule is CCn1cc(CN2C3CCC2CC(O)(c2ccccc2F)C3)cn1. The first-order valence-corrected chi connectivity index (χ1v) is 8.83. The van der Waals surface area contributed by atoms with E-state index in [1.54, 1.807) is 12.1 Å². The maximum atomic E-state index is 14.2. The molecule has 4 nitrogen and oxygen atoms in total. The molecule has 1 aromatic heterocycles. The summed E-state index contributed by atoms with van der Waals surface area (Å²) in [5, 5.41) is 15.5. The molecule has 3 heterocycles. The van der Waals surface area contributed by atoms with Gasteiger partial charge >= 0.3 is 0 Å². The first kappa shape index (κ1) is 15.8. The Morgan fingerprint density at radius 1 is 1.25 bits per heavy atom. The minimum atomic E-state index is -1.04. The second kappa shape index (κ2) is 5.97. The third-order valence-corrected chi connectivity index (χ3v) is 5.67. The predicted octanol–water partition coefficient (Wildman–Crippen LogP) is 3.06. The third-order valence-electron chi connectivity index (χ3n) is 5.67. The van der Waals surface area contributed by atoms with Crippen molar-refractivity contribution in [3.05, 3.63) is 53.6 Å². The van der Waals surface area contributed by atoms with E-state index >= 15 is 0 Å². The Morgan fingerprint density at radius 3 is 2.58 bits per heavy atom. The molecule has 2 bridgehead atoms. The molecule has 0 amide bonds. The molecule has 0 aliphatic carbocycles. The Balaban J connectivity index is 1.54. The lowest BCUT2D eigenvalue weighted by molar-refractivity contribution is -0.0615. The summed E-state index contributed by atoms with van der Waals surface area (Å²) in [7, 11) is 0. The molecule has 5 heteroatoms. The van der Waals surface area contributed by atoms with E-state index in [0.29, 0.717) is 30.5 Å². The second-order valence-corrected chi connectivity index (χ2v) is 7.18. The van der Waals surface area contributed by atoms with E-state index in [1.165, 1.54) is 11.6 Å². The van der Waals surface area contributed by atoms with E-state index in [1.807, 2.05) is 16.9 Å². The van der Waals surface area contributed by atoms with E-state index in [4.69, 9.17) is 0 Å². The fraction of sp³-hybridized carbons (Fsp3) is 0.526. The zero-order valence-electron chi connectivity index (χ0n) is 14.0. The maximum Gasteiger partial charge on any atom is 0.129 e. The quantitative estimate of drug-likeness (QED) is 0.937. The zero-order chi connectivity index (χ0) is 16.7. The van der Waals surface area contributed by atoms with Gasteiger partial charge in [-0.2, -0.15) is 5.10 Å². The molecule has 2 aliphatic rings. The smallest absolute Gasteiger partial charge is 0.129 e. The summed E-state index contributed by atoms with van der Waals surface area (Å²) >= 11 is 0. The molecule has 4 rings (SSSR count). The average Bonchev–Trinajstić information content (AvgIpc) is 3.12. The van der Waals surface area contributed by atoms with E-state index in [9.17, 15) is 9.50 Å². The molecule has 1 aromatic carbocycles. The Bertz CT molecular complexity index is 715. The van der Waals surface area contributed by atoms with Gasteiger partial charge in [0.1, 0.15) is 5.82 Å². The maximum absolute atomic E-state index is 14.2. The Labute approximate surface area is 141 Å². The number of benzene rings is 1. The number of aliphatic hydroxyl groups is 1. The van der Waals surface area contributed by atoms with Gasteiger partial charge in [0.05, 0.1) is 11.8 Å². The monoisotopic (exact) mass is 329 g/mol. The number of hydrogen-bond donors (Lipinski definition) is 1. The van der Waals surface area contributed by atoms with Crippen LogP contribution in [0.1, 0.15) is 43.7 Å². The van der Waals surface area contributed by atoms with Gasteiger partial charge in [0.2, 0.25) is 0 Å². The van der Waals surface area contributed by atoms with Crippen LogP contribution in [-0.4, -0.2) is 31.9 Å². The molecule has 0 saturated carbocycles. The largest absolute Gasteiger partial charge is 0.385 e. The van der Waals surface area contributed by atoms with Crippen molar-refractivity contribution in [2.45, 2.75) is 63.4 Å². The molecule has 2 saturated heterocycles. The molecule has 2 atom stereocenters. The fourth-order valence-electron chi connectivity index (χ4n) is 4.50. The highest BCUT2D eigenvalue weighted by Crippen LogP contribution is 2.46. The molecule has 2 aliphatic heterocycles. The van der Waals surface area contributed by atoms with Crippen LogP contribution >= 0.6 is 0 Å². The number of hydrogen-bond acceptors (Lipinski definition) is 3. The predicted molar refractivity (Wildman–Crippen MR) is 89.8 cm³/mol. The van der Waals surface area contributed by atoms with Crippen LogP contribution in [0.4, 0.5) is 4.39 Å². The molecule has 0 spiro atoms. The van der Waals surface area contributed by atoms with Gasteiger partial charge in [-0.25, -0.2) is 4.39 Å². The summed E-state index contributed by atoms with van der Waals surface area (Å²) in [6, 6.07) is 7.27. The first-order chi connectivity index (χ1) is 11.6. The molecular weight excluding hydrogens is 305 g/mol. The molecule has 2 fully saturated rings. The van der Waals surface area contributed by atoms with Crippen molar-refractivity contribution in [3.63, 3.8) is 0 Å². The minimum absolute atomic E-state index is 0.294. The lowest BCUT2D eigenvalue weighted by Gasteiger charge is -2.44. The van der Waals surface area contributed by atoms with Crippen LogP contribution in [0.2, 0.25) is 0 Å². The highest BCUT2D eigenvalue weighted by Gasteiger charge is 2.48. The minimum Gasteiger partial charge on any atom is -0.385 e. The van der Waals surface area contributed by atoms with Gasteiger partial charge in [0.25, 0.3) is 0 Å². The van der Waals surface area contributed by atoms with Gasteiger partial charge in [-0.05, 0) is 38.7 Å². The van der Waals surface area contributed by atoms with Gasteiger partial charge in [-0.15, -0.1) is 0 Å². The molecule has 128 valence electrons. The van der Waals surface area contributed by atoms with Crippen LogP contribution in [0.25, 0.3) is 0 Å². The third kappa shape index (κ3) is 2.66. The second-order valence-electron chi connectivity index (χ2n) is 7.18. The van der Waals surface area contributed by atoms with Crippen molar-refractivity contribution in [1.29, 1.82) is 0 Å². The Kier molecular flexibility index (Phi) is 3.93. The van der Waals surface area contributed by atoms with Crippen LogP contribution in [0.15, 0.2) is 36.7 Å². The summed E-state index contributed by atoms with van der Waals surface area (Å²) in [6.45, 7) is 3.82. The number of nitrogens with zero attached hydrogens (tertiary/aromatic N) is 3. The topological polar surface area (TPSA) is 41.3 Å². The lowest BCUT2D eigenvalue weighted by atomic mass is 9.80. The van der Waals surface area contributed by atoms with Crippen LogP contribution in [0.5, 0.6) is 0 Å². The average molecular weight is 329 g/mol. The number of rotatable bonds is 4. The van der Waals surface area contributed by atoms with Crippen molar-refractivity contribution >= 4 is 0 Å². The van der Waals surface area contributed by atoms with Gasteiger partial charge in [-0.3, -0.25) is 9.58 Å². The van der Waals surface area contributed by atoms with Gasteiger partial charge in [0, 0.05) is 42.5 Å². The van der Waals surface area contributed by atoms with E-state index < -0.39 is 5.60 Å². The zero-order valence-corrected chi connectivity index (χ0v) is 14.0. The van der Waals surface area contributed by atoms with Crippen molar-refractivity contribution in [2.75, 3.05) is 0 Å².